The van der Waals surface area contributed by atoms with Crippen molar-refractivity contribution in [3.63, 3.8) is 0 Å². The topological polar surface area (TPSA) is 372 Å². The van der Waals surface area contributed by atoms with Crippen LogP contribution in [0.15, 0.2) is 11.6 Å². The summed E-state index contributed by atoms with van der Waals surface area (Å²) in [5.74, 6) is -0.300. The predicted octanol–water partition coefficient (Wildman–Crippen LogP) is -0.700. The van der Waals surface area contributed by atoms with Crippen molar-refractivity contribution >= 4 is 5.97 Å². The minimum atomic E-state index is -1.92. The van der Waals surface area contributed by atoms with Gasteiger partial charge in [-0.3, -0.25) is 4.79 Å². The summed E-state index contributed by atoms with van der Waals surface area (Å²) >= 11 is 0. The number of carbonyl (C=O) groups is 1. The minimum absolute atomic E-state index is 0.0259. The largest absolute Gasteiger partial charge is 0.481 e. The second kappa shape index (κ2) is 22.8. The summed E-state index contributed by atoms with van der Waals surface area (Å²) in [6.07, 6.45) is -25.8. The van der Waals surface area contributed by atoms with E-state index in [4.69, 9.17) is 47.4 Å². The number of ether oxygens (including phenoxy) is 10. The highest BCUT2D eigenvalue weighted by atomic mass is 16.8. The number of carboxylic acid groups (broad SMARTS) is 1. The van der Waals surface area contributed by atoms with Crippen LogP contribution in [0.5, 0.6) is 0 Å². The summed E-state index contributed by atoms with van der Waals surface area (Å²) in [6, 6.07) is 0. The number of hydrogen-bond donors (Lipinski definition) is 13. The van der Waals surface area contributed by atoms with E-state index < -0.39 is 185 Å². The van der Waals surface area contributed by atoms with Gasteiger partial charge in [0.15, 0.2) is 31.5 Å². The molecule has 464 valence electrons. The zero-order valence-corrected chi connectivity index (χ0v) is 47.8. The van der Waals surface area contributed by atoms with Gasteiger partial charge in [0.05, 0.1) is 44.1 Å². The van der Waals surface area contributed by atoms with Gasteiger partial charge >= 0.3 is 5.97 Å². The van der Waals surface area contributed by atoms with Crippen LogP contribution in [-0.2, 0) is 52.2 Å². The number of aliphatic carboxylic acids is 1. The molecule has 0 spiro atoms. The molecule has 5 saturated heterocycles. The van der Waals surface area contributed by atoms with Crippen molar-refractivity contribution in [3.8, 4) is 0 Å². The number of aliphatic hydroxyl groups excluding tert-OH is 12. The summed E-state index contributed by atoms with van der Waals surface area (Å²) in [4.78, 5) is 13.3. The Kier molecular flexibility index (Phi) is 17.6. The molecule has 4 saturated carbocycles. The van der Waals surface area contributed by atoms with Crippen molar-refractivity contribution in [2.24, 2.45) is 50.2 Å². The van der Waals surface area contributed by atoms with Crippen molar-refractivity contribution in [3.05, 3.63) is 11.6 Å². The molecule has 9 fully saturated rings. The molecule has 13 N–H and O–H groups in total. The molecule has 5 heterocycles. The highest BCUT2D eigenvalue weighted by Gasteiger charge is 2.70. The van der Waals surface area contributed by atoms with E-state index in [0.717, 1.165) is 44.9 Å². The maximum atomic E-state index is 13.3. The number of rotatable bonds is 12. The minimum Gasteiger partial charge on any atom is -0.481 e. The van der Waals surface area contributed by atoms with Gasteiger partial charge in [-0.2, -0.15) is 0 Å². The molecule has 5 aliphatic carbocycles. The molecule has 0 bridgehead atoms. The lowest BCUT2D eigenvalue weighted by molar-refractivity contribution is -0.394. The molecule has 0 aromatic carbocycles. The van der Waals surface area contributed by atoms with Crippen LogP contribution in [0, 0.1) is 50.2 Å². The first kappa shape index (κ1) is 62.4. The van der Waals surface area contributed by atoms with Crippen LogP contribution in [0.4, 0.5) is 0 Å². The lowest BCUT2D eigenvalue weighted by Crippen LogP contribution is -2.67. The highest BCUT2D eigenvalue weighted by molar-refractivity contribution is 5.76. The van der Waals surface area contributed by atoms with Crippen LogP contribution in [0.3, 0.4) is 0 Å². The van der Waals surface area contributed by atoms with E-state index >= 15 is 0 Å². The molecule has 0 aromatic heterocycles. The Bertz CT molecular complexity index is 2250. The molecule has 81 heavy (non-hydrogen) atoms. The van der Waals surface area contributed by atoms with Crippen LogP contribution in [0.2, 0.25) is 0 Å². The monoisotopic (exact) mass is 1160 g/mol. The molecule has 0 aromatic rings. The third-order valence-corrected chi connectivity index (χ3v) is 22.4. The van der Waals surface area contributed by atoms with E-state index in [1.165, 1.54) is 12.5 Å². The Labute approximate surface area is 472 Å². The number of hydrogen-bond acceptors (Lipinski definition) is 23. The smallest absolute Gasteiger partial charge is 0.310 e. The van der Waals surface area contributed by atoms with E-state index in [9.17, 15) is 71.2 Å². The Morgan fingerprint density at radius 3 is 1.86 bits per heavy atom. The van der Waals surface area contributed by atoms with Crippen LogP contribution in [0.1, 0.15) is 120 Å². The highest BCUT2D eigenvalue weighted by Crippen LogP contribution is 2.76. The zero-order chi connectivity index (χ0) is 58.8. The van der Waals surface area contributed by atoms with E-state index in [-0.39, 0.29) is 39.4 Å². The first-order valence-corrected chi connectivity index (χ1v) is 29.4. The Morgan fingerprint density at radius 1 is 0.568 bits per heavy atom. The van der Waals surface area contributed by atoms with Crippen LogP contribution >= 0.6 is 0 Å². The van der Waals surface area contributed by atoms with Crippen molar-refractivity contribution in [2.75, 3.05) is 26.4 Å². The molecule has 0 amide bonds. The van der Waals surface area contributed by atoms with Gasteiger partial charge in [-0.05, 0) is 116 Å². The number of allylic oxidation sites excluding steroid dienone is 2. The van der Waals surface area contributed by atoms with E-state index in [0.29, 0.717) is 19.3 Å². The van der Waals surface area contributed by atoms with Gasteiger partial charge in [-0.25, -0.2) is 0 Å². The van der Waals surface area contributed by atoms with Crippen molar-refractivity contribution in [2.45, 2.75) is 261 Å². The first-order valence-electron chi connectivity index (χ1n) is 29.4. The second-order valence-electron chi connectivity index (χ2n) is 27.7. The summed E-state index contributed by atoms with van der Waals surface area (Å²) in [7, 11) is 0. The van der Waals surface area contributed by atoms with E-state index in [1.54, 1.807) is 0 Å². The summed E-state index contributed by atoms with van der Waals surface area (Å²) in [5.41, 5.74) is -0.402. The van der Waals surface area contributed by atoms with Crippen molar-refractivity contribution in [1.29, 1.82) is 0 Å². The number of carboxylic acids is 1. The van der Waals surface area contributed by atoms with E-state index in [2.05, 4.69) is 54.5 Å². The standard InChI is InChI=1S/C57H92O24/c1-24-34(61)44(80-46-39(66)35(62)27(59)21-72-46)42(69)49(75-24)81-45-43(79-47-40(67)37(64)30(23-74-47)77-48-41(68)38(65)36(63)29(20-58)76-48)28(60)22-73-50(45)78-33-12-13-54(6)31(53(33,4)5)11-14-56(8)32(54)10-9-25-26-19-52(2,3)15-17-57(26,51(70)71)18-16-55(25,56)7/h9,24,26-50,58-69H,10-23H2,1-8H3,(H,70,71)/t24-,26-,27+,28-,29+,30+,31-,32+,33-,34-,35-,36+,37-,38-,39+,40+,41+,42+,43-,44+,45+,46-,47-,48-,49-,50-,54-,55+,56+,57-/m0/s1. The fourth-order valence-electron chi connectivity index (χ4n) is 17.2. The summed E-state index contributed by atoms with van der Waals surface area (Å²) in [5, 5.41) is 141. The molecule has 0 radical (unpaired) electrons. The SMILES string of the molecule is C[C@@H]1O[C@@H](O[C@H]2[C@H](O[C@H]3CC[C@]4(C)[C@H]5CC=C6[C@@H]7CC(C)(C)CC[C@]7(C(=O)O)CC[C@@]6(C)[C@]5(C)CC[C@H]4C3(C)C)OC[C@H](O)[C@@H]2O[C@@H]2OC[C@@H](O[C@@H]3O[C@H](CO)[C@@H](O)[C@H](O)[C@H]3O)[C@H](O)[C@H]2O)[C@H](O)[C@H](O[C@@H]2OC[C@@H](O)[C@H](O)[C@H]2O)[C@H]1O. The number of fused-ring (bicyclic) bond motifs is 7. The molecule has 5 aliphatic heterocycles. The maximum absolute atomic E-state index is 13.3. The summed E-state index contributed by atoms with van der Waals surface area (Å²) < 4.78 is 60.9. The average molecular weight is 1160 g/mol. The third-order valence-electron chi connectivity index (χ3n) is 22.4. The van der Waals surface area contributed by atoms with Gasteiger partial charge in [-0.1, -0.05) is 60.1 Å². The lowest BCUT2D eigenvalue weighted by atomic mass is 9.33. The van der Waals surface area contributed by atoms with Crippen LogP contribution < -0.4 is 0 Å². The van der Waals surface area contributed by atoms with Crippen molar-refractivity contribution in [1.82, 2.24) is 0 Å². The molecule has 24 heteroatoms. The van der Waals surface area contributed by atoms with Crippen LogP contribution in [-0.4, -0.2) is 240 Å². The first-order chi connectivity index (χ1) is 37.9. The molecule has 0 unspecified atom stereocenters. The molecule has 24 nitrogen and oxygen atoms in total. The second-order valence-corrected chi connectivity index (χ2v) is 27.7. The van der Waals surface area contributed by atoms with Gasteiger partial charge in [0.2, 0.25) is 0 Å². The molecule has 10 aliphatic rings. The Balaban J connectivity index is 0.906. The third kappa shape index (κ3) is 10.5. The quantitative estimate of drug-likeness (QED) is 0.0849. The van der Waals surface area contributed by atoms with E-state index in [1.807, 2.05) is 0 Å². The Morgan fingerprint density at radius 2 is 1.17 bits per heavy atom. The van der Waals surface area contributed by atoms with Gasteiger partial charge in [0, 0.05) is 0 Å². The predicted molar refractivity (Wildman–Crippen MR) is 276 cm³/mol. The molecule has 10 rings (SSSR count). The number of aliphatic hydroxyl groups is 12. The maximum Gasteiger partial charge on any atom is 0.310 e. The van der Waals surface area contributed by atoms with Gasteiger partial charge < -0.3 is 114 Å². The molecular formula is C57H92O24. The van der Waals surface area contributed by atoms with Gasteiger partial charge in [0.1, 0.15) is 97.7 Å². The molecular weight excluding hydrogens is 1070 g/mol. The fraction of sp³-hybridized carbons (Fsp3) is 0.947. The van der Waals surface area contributed by atoms with Crippen LogP contribution in [0.25, 0.3) is 0 Å². The van der Waals surface area contributed by atoms with Crippen molar-refractivity contribution < 1.29 is 119 Å². The zero-order valence-electron chi connectivity index (χ0n) is 47.8. The normalized spacial score (nSPS) is 54.4. The van der Waals surface area contributed by atoms with Gasteiger partial charge in [0.25, 0.3) is 0 Å². The fourth-order valence-corrected chi connectivity index (χ4v) is 17.2. The average Bonchev–Trinajstić information content (AvgIpc) is 1.38. The Hall–Kier alpha value is -1.67. The molecule has 30 atom stereocenters. The lowest BCUT2D eigenvalue weighted by Gasteiger charge is -2.71. The van der Waals surface area contributed by atoms with Gasteiger partial charge in [-0.15, -0.1) is 0 Å². The summed E-state index contributed by atoms with van der Waals surface area (Å²) in [6.45, 7) is 15.6.